The molecule has 0 aliphatic carbocycles. The van der Waals surface area contributed by atoms with Crippen molar-refractivity contribution in [1.82, 2.24) is 34.4 Å². The molecule has 0 saturated carbocycles. The van der Waals surface area contributed by atoms with E-state index in [9.17, 15) is 9.18 Å². The molecule has 0 fully saturated rings. The summed E-state index contributed by atoms with van der Waals surface area (Å²) in [5, 5.41) is 3.15. The number of hydrogen-bond donors (Lipinski definition) is 1. The number of hydrogen-bond acceptors (Lipinski definition) is 8. The summed E-state index contributed by atoms with van der Waals surface area (Å²) in [5.74, 6) is 1.38. The molecule has 0 spiro atoms. The van der Waals surface area contributed by atoms with Gasteiger partial charge in [-0.2, -0.15) is 0 Å². The predicted octanol–water partition coefficient (Wildman–Crippen LogP) is 6.08. The van der Waals surface area contributed by atoms with Gasteiger partial charge in [0, 0.05) is 30.8 Å². The minimum Gasteiger partial charge on any atom is -0.444 e. The van der Waals surface area contributed by atoms with Crippen molar-refractivity contribution >= 4 is 34.3 Å². The molecule has 0 bridgehead atoms. The number of nitrogens with zero attached hydrogens (tertiary/aromatic N) is 7. The lowest BCUT2D eigenvalue weighted by Gasteiger charge is -2.29. The number of amides is 1. The second kappa shape index (κ2) is 10.6. The molecule has 0 saturated heterocycles. The molecule has 0 atom stereocenters. The summed E-state index contributed by atoms with van der Waals surface area (Å²) in [6, 6.07) is 5.23. The van der Waals surface area contributed by atoms with Gasteiger partial charge in [0.1, 0.15) is 34.9 Å². The Morgan fingerprint density at radius 2 is 1.85 bits per heavy atom. The van der Waals surface area contributed by atoms with Gasteiger partial charge >= 0.3 is 6.09 Å². The maximum absolute atomic E-state index is 15.0. The monoisotopic (exact) mass is 544 g/mol. The molecule has 1 aliphatic heterocycles. The maximum Gasteiger partial charge on any atom is 0.410 e. The molecule has 1 amide bonds. The largest absolute Gasteiger partial charge is 0.444 e. The molecule has 4 aromatic rings. The molecular formula is C29H33FN8O2. The molecule has 0 unspecified atom stereocenters. The van der Waals surface area contributed by atoms with Gasteiger partial charge < -0.3 is 19.5 Å². The predicted molar refractivity (Wildman–Crippen MR) is 152 cm³/mol. The van der Waals surface area contributed by atoms with Crippen molar-refractivity contribution in [3.05, 3.63) is 60.3 Å². The van der Waals surface area contributed by atoms with Crippen LogP contribution in [-0.2, 0) is 4.74 Å². The minimum absolute atomic E-state index is 0.136. The summed E-state index contributed by atoms with van der Waals surface area (Å²) >= 11 is 0. The van der Waals surface area contributed by atoms with Crippen LogP contribution in [0.2, 0.25) is 0 Å². The molecule has 4 heterocycles. The first-order valence-electron chi connectivity index (χ1n) is 13.3. The summed E-state index contributed by atoms with van der Waals surface area (Å²) in [5.41, 5.74) is 3.52. The average molecular weight is 545 g/mol. The molecular weight excluding hydrogens is 511 g/mol. The van der Waals surface area contributed by atoms with E-state index in [4.69, 9.17) is 4.74 Å². The highest BCUT2D eigenvalue weighted by molar-refractivity contribution is 5.83. The average Bonchev–Trinajstić information content (AvgIpc) is 3.25. The normalized spacial score (nSPS) is 14.0. The highest BCUT2D eigenvalue weighted by Gasteiger charge is 2.24. The van der Waals surface area contributed by atoms with E-state index in [0.29, 0.717) is 47.9 Å². The summed E-state index contributed by atoms with van der Waals surface area (Å²) in [6.45, 7) is 12.5. The SMILES string of the molecule is Cc1nc2c(F)cc(-c3cc(Nc4cnc(C5=CCN(C(=O)OC(C)(C)C)CC5)cn4)ncn3)cc2n1C(C)C. The van der Waals surface area contributed by atoms with Crippen molar-refractivity contribution in [2.45, 2.75) is 59.6 Å². The van der Waals surface area contributed by atoms with E-state index in [-0.39, 0.29) is 12.1 Å². The van der Waals surface area contributed by atoms with Gasteiger partial charge in [0.05, 0.1) is 29.3 Å². The molecule has 10 nitrogen and oxygen atoms in total. The topological polar surface area (TPSA) is 111 Å². The lowest BCUT2D eigenvalue weighted by atomic mass is 10.1. The lowest BCUT2D eigenvalue weighted by molar-refractivity contribution is 0.0270. The molecule has 40 heavy (non-hydrogen) atoms. The molecule has 208 valence electrons. The van der Waals surface area contributed by atoms with Crippen molar-refractivity contribution < 1.29 is 13.9 Å². The van der Waals surface area contributed by atoms with Crippen LogP contribution in [0.15, 0.2) is 43.0 Å². The van der Waals surface area contributed by atoms with E-state index in [1.807, 2.05) is 58.3 Å². The van der Waals surface area contributed by atoms with Gasteiger partial charge in [-0.05, 0) is 65.7 Å². The molecule has 5 rings (SSSR count). The zero-order chi connectivity index (χ0) is 28.6. The Bertz CT molecular complexity index is 1590. The summed E-state index contributed by atoms with van der Waals surface area (Å²) in [4.78, 5) is 36.1. The summed E-state index contributed by atoms with van der Waals surface area (Å²) in [7, 11) is 0. The van der Waals surface area contributed by atoms with Crippen LogP contribution in [0.4, 0.5) is 20.8 Å². The van der Waals surface area contributed by atoms with E-state index in [2.05, 4.69) is 30.2 Å². The van der Waals surface area contributed by atoms with Crippen LogP contribution < -0.4 is 5.32 Å². The van der Waals surface area contributed by atoms with Gasteiger partial charge in [-0.25, -0.2) is 29.1 Å². The third-order valence-electron chi connectivity index (χ3n) is 6.50. The fourth-order valence-electron chi connectivity index (χ4n) is 4.74. The van der Waals surface area contributed by atoms with Crippen molar-refractivity contribution in [2.24, 2.45) is 0 Å². The van der Waals surface area contributed by atoms with Gasteiger partial charge in [-0.1, -0.05) is 6.08 Å². The first-order valence-corrected chi connectivity index (χ1v) is 13.3. The number of carbonyl (C=O) groups is 1. The second-order valence-electron chi connectivity index (χ2n) is 11.1. The Labute approximate surface area is 232 Å². The number of nitrogens with one attached hydrogen (secondary N) is 1. The third-order valence-corrected chi connectivity index (χ3v) is 6.50. The van der Waals surface area contributed by atoms with Crippen molar-refractivity contribution in [1.29, 1.82) is 0 Å². The lowest BCUT2D eigenvalue weighted by Crippen LogP contribution is -2.39. The van der Waals surface area contributed by atoms with Gasteiger partial charge in [-0.15, -0.1) is 0 Å². The number of aromatic nitrogens is 6. The van der Waals surface area contributed by atoms with Gasteiger partial charge in [0.25, 0.3) is 0 Å². The first-order chi connectivity index (χ1) is 19.0. The van der Waals surface area contributed by atoms with Crippen LogP contribution in [0.1, 0.15) is 58.6 Å². The molecule has 11 heteroatoms. The zero-order valence-corrected chi connectivity index (χ0v) is 23.6. The van der Waals surface area contributed by atoms with Crippen LogP contribution in [-0.4, -0.2) is 59.2 Å². The van der Waals surface area contributed by atoms with Gasteiger partial charge in [0.2, 0.25) is 0 Å². The number of benzene rings is 1. The molecule has 1 aromatic carbocycles. The van der Waals surface area contributed by atoms with Crippen molar-refractivity contribution in [3.8, 4) is 11.3 Å². The standard InChI is InChI=1S/C29H33FN8O2/c1-17(2)38-18(3)35-27-21(30)11-20(12-24(27)38)22-13-25(34-16-33-22)36-26-15-31-23(14-32-26)19-7-9-37(10-8-19)28(39)40-29(4,5)6/h7,11-17H,8-10H2,1-6H3,(H,32,33,34,36). The fourth-order valence-corrected chi connectivity index (χ4v) is 4.74. The molecule has 3 aromatic heterocycles. The van der Waals surface area contributed by atoms with E-state index in [1.165, 1.54) is 12.4 Å². The van der Waals surface area contributed by atoms with E-state index in [0.717, 1.165) is 22.6 Å². The Morgan fingerprint density at radius 3 is 2.50 bits per heavy atom. The highest BCUT2D eigenvalue weighted by atomic mass is 19.1. The van der Waals surface area contributed by atoms with Gasteiger partial charge in [-0.3, -0.25) is 4.98 Å². The van der Waals surface area contributed by atoms with Crippen LogP contribution in [0.3, 0.4) is 0 Å². The van der Waals surface area contributed by atoms with Crippen LogP contribution >= 0.6 is 0 Å². The van der Waals surface area contributed by atoms with Crippen LogP contribution in [0, 0.1) is 12.7 Å². The van der Waals surface area contributed by atoms with Crippen LogP contribution in [0.5, 0.6) is 0 Å². The number of halogens is 1. The summed E-state index contributed by atoms with van der Waals surface area (Å²) in [6.07, 6.45) is 7.07. The molecule has 1 N–H and O–H groups in total. The quantitative estimate of drug-likeness (QED) is 0.322. The van der Waals surface area contributed by atoms with Crippen molar-refractivity contribution in [3.63, 3.8) is 0 Å². The van der Waals surface area contributed by atoms with E-state index in [1.54, 1.807) is 23.4 Å². The number of fused-ring (bicyclic) bond motifs is 1. The number of aryl methyl sites for hydroxylation is 1. The smallest absolute Gasteiger partial charge is 0.410 e. The zero-order valence-electron chi connectivity index (χ0n) is 23.6. The second-order valence-corrected chi connectivity index (χ2v) is 11.1. The summed E-state index contributed by atoms with van der Waals surface area (Å²) < 4.78 is 22.4. The van der Waals surface area contributed by atoms with Crippen molar-refractivity contribution in [2.75, 3.05) is 18.4 Å². The Hall–Kier alpha value is -4.41. The Morgan fingerprint density at radius 1 is 1.05 bits per heavy atom. The number of anilines is 2. The number of carbonyl (C=O) groups excluding carboxylic acids is 1. The third kappa shape index (κ3) is 5.78. The molecule has 1 aliphatic rings. The highest BCUT2D eigenvalue weighted by Crippen LogP contribution is 2.30. The Balaban J connectivity index is 1.30. The maximum atomic E-state index is 15.0. The first kappa shape index (κ1) is 27.2. The minimum atomic E-state index is -0.528. The number of rotatable bonds is 5. The fraction of sp³-hybridized carbons (Fsp3) is 0.379. The van der Waals surface area contributed by atoms with E-state index < -0.39 is 11.4 Å². The Kier molecular flexibility index (Phi) is 7.22. The number of ether oxygens (including phenoxy) is 1. The van der Waals surface area contributed by atoms with Gasteiger partial charge in [0.15, 0.2) is 5.82 Å². The number of imidazole rings is 1. The van der Waals surface area contributed by atoms with Crippen LogP contribution in [0.25, 0.3) is 27.9 Å². The van der Waals surface area contributed by atoms with E-state index >= 15 is 0 Å². The molecule has 0 radical (unpaired) electrons.